The van der Waals surface area contributed by atoms with Crippen LogP contribution in [-0.4, -0.2) is 47.4 Å². The summed E-state index contributed by atoms with van der Waals surface area (Å²) in [5.41, 5.74) is 0.265. The Morgan fingerprint density at radius 3 is 1.86 bits per heavy atom. The standard InChI is InChI=1S/C18H35NO2/c1-17(2,3)19-11-9-14(10-12-19)20-15-7-8-16(13-15)21-18(4,5)6/h14-16H,7-13H2,1-6H3/t15-,16-/m0/s1. The molecule has 0 radical (unpaired) electrons. The largest absolute Gasteiger partial charge is 0.375 e. The Bertz CT molecular complexity index is 321. The van der Waals surface area contributed by atoms with Crippen LogP contribution in [-0.2, 0) is 9.47 Å². The van der Waals surface area contributed by atoms with Crippen LogP contribution in [0.2, 0.25) is 0 Å². The Balaban J connectivity index is 1.70. The summed E-state index contributed by atoms with van der Waals surface area (Å²) in [5, 5.41) is 0. The lowest BCUT2D eigenvalue weighted by atomic mass is 9.99. The lowest BCUT2D eigenvalue weighted by Crippen LogP contribution is -2.48. The van der Waals surface area contributed by atoms with Crippen LogP contribution < -0.4 is 0 Å². The van der Waals surface area contributed by atoms with Crippen molar-refractivity contribution in [3.63, 3.8) is 0 Å². The van der Waals surface area contributed by atoms with Gasteiger partial charge in [0.2, 0.25) is 0 Å². The number of ether oxygens (including phenoxy) is 2. The molecule has 0 N–H and O–H groups in total. The summed E-state index contributed by atoms with van der Waals surface area (Å²) in [7, 11) is 0. The maximum absolute atomic E-state index is 6.35. The third-order valence-corrected chi connectivity index (χ3v) is 4.63. The second kappa shape index (κ2) is 6.55. The van der Waals surface area contributed by atoms with E-state index in [0.29, 0.717) is 23.9 Å². The maximum atomic E-state index is 6.35. The minimum atomic E-state index is -0.0302. The summed E-state index contributed by atoms with van der Waals surface area (Å²) in [6.07, 6.45) is 7.03. The van der Waals surface area contributed by atoms with E-state index in [1.165, 1.54) is 32.4 Å². The van der Waals surface area contributed by atoms with Crippen LogP contribution in [0, 0.1) is 0 Å². The number of nitrogens with zero attached hydrogens (tertiary/aromatic N) is 1. The van der Waals surface area contributed by atoms with Crippen molar-refractivity contribution in [3.8, 4) is 0 Å². The number of hydrogen-bond acceptors (Lipinski definition) is 3. The predicted molar refractivity (Wildman–Crippen MR) is 87.7 cm³/mol. The highest BCUT2D eigenvalue weighted by Gasteiger charge is 2.33. The van der Waals surface area contributed by atoms with Crippen LogP contribution in [0.15, 0.2) is 0 Å². The molecule has 3 nitrogen and oxygen atoms in total. The van der Waals surface area contributed by atoms with Crippen LogP contribution in [0.1, 0.15) is 73.6 Å². The van der Waals surface area contributed by atoms with Gasteiger partial charge in [0.25, 0.3) is 0 Å². The zero-order chi connectivity index (χ0) is 15.7. The van der Waals surface area contributed by atoms with E-state index in [-0.39, 0.29) is 5.60 Å². The van der Waals surface area contributed by atoms with Crippen molar-refractivity contribution >= 4 is 0 Å². The van der Waals surface area contributed by atoms with Gasteiger partial charge in [0.1, 0.15) is 0 Å². The van der Waals surface area contributed by atoms with Crippen molar-refractivity contribution in [2.45, 2.75) is 103 Å². The molecule has 0 spiro atoms. The van der Waals surface area contributed by atoms with Gasteiger partial charge in [-0.05, 0) is 73.6 Å². The fraction of sp³-hybridized carbons (Fsp3) is 1.00. The molecule has 1 saturated carbocycles. The molecule has 0 aromatic heterocycles. The third kappa shape index (κ3) is 5.54. The third-order valence-electron chi connectivity index (χ3n) is 4.63. The summed E-state index contributed by atoms with van der Waals surface area (Å²) in [6.45, 7) is 15.7. The monoisotopic (exact) mass is 297 g/mol. The molecule has 2 atom stereocenters. The number of piperidine rings is 1. The second-order valence-corrected chi connectivity index (χ2v) is 8.78. The summed E-state index contributed by atoms with van der Waals surface area (Å²) >= 11 is 0. The van der Waals surface area contributed by atoms with Crippen molar-refractivity contribution < 1.29 is 9.47 Å². The van der Waals surface area contributed by atoms with E-state index in [2.05, 4.69) is 46.4 Å². The molecule has 3 heteroatoms. The summed E-state index contributed by atoms with van der Waals surface area (Å²) in [5.74, 6) is 0. The van der Waals surface area contributed by atoms with Crippen LogP contribution in [0.25, 0.3) is 0 Å². The Labute approximate surface area is 131 Å². The van der Waals surface area contributed by atoms with Gasteiger partial charge in [-0.15, -0.1) is 0 Å². The molecule has 2 aliphatic rings. The fourth-order valence-electron chi connectivity index (χ4n) is 3.57. The molecule has 0 unspecified atom stereocenters. The minimum Gasteiger partial charge on any atom is -0.375 e. The highest BCUT2D eigenvalue weighted by molar-refractivity contribution is 4.84. The molecule has 124 valence electrons. The van der Waals surface area contributed by atoms with E-state index < -0.39 is 0 Å². The molecule has 2 fully saturated rings. The molecule has 1 aliphatic carbocycles. The number of likely N-dealkylation sites (tertiary alicyclic amines) is 1. The maximum Gasteiger partial charge on any atom is 0.0607 e. The molecule has 21 heavy (non-hydrogen) atoms. The van der Waals surface area contributed by atoms with Crippen LogP contribution in [0.5, 0.6) is 0 Å². The molecule has 1 saturated heterocycles. The van der Waals surface area contributed by atoms with Gasteiger partial charge < -0.3 is 9.47 Å². The smallest absolute Gasteiger partial charge is 0.0607 e. The quantitative estimate of drug-likeness (QED) is 0.786. The van der Waals surface area contributed by atoms with Gasteiger partial charge in [-0.3, -0.25) is 4.90 Å². The molecule has 0 aromatic rings. The summed E-state index contributed by atoms with van der Waals surface area (Å²) in [4.78, 5) is 2.58. The first-order chi connectivity index (χ1) is 9.63. The van der Waals surface area contributed by atoms with Crippen molar-refractivity contribution in [2.24, 2.45) is 0 Å². The van der Waals surface area contributed by atoms with E-state index in [1.54, 1.807) is 0 Å². The Kier molecular flexibility index (Phi) is 5.38. The van der Waals surface area contributed by atoms with Gasteiger partial charge in [0.05, 0.1) is 23.9 Å². The molecular formula is C18H35NO2. The Hall–Kier alpha value is -0.120. The number of hydrogen-bond donors (Lipinski definition) is 0. The van der Waals surface area contributed by atoms with Crippen molar-refractivity contribution in [2.75, 3.05) is 13.1 Å². The van der Waals surface area contributed by atoms with Crippen molar-refractivity contribution in [1.82, 2.24) is 4.90 Å². The van der Waals surface area contributed by atoms with Crippen LogP contribution in [0.4, 0.5) is 0 Å². The van der Waals surface area contributed by atoms with Gasteiger partial charge in [0.15, 0.2) is 0 Å². The van der Waals surface area contributed by atoms with E-state index in [9.17, 15) is 0 Å². The van der Waals surface area contributed by atoms with Crippen LogP contribution in [0.3, 0.4) is 0 Å². The lowest BCUT2D eigenvalue weighted by Gasteiger charge is -2.41. The molecule has 0 bridgehead atoms. The van der Waals surface area contributed by atoms with E-state index in [1.807, 2.05) is 0 Å². The Morgan fingerprint density at radius 1 is 0.762 bits per heavy atom. The van der Waals surface area contributed by atoms with Crippen LogP contribution >= 0.6 is 0 Å². The van der Waals surface area contributed by atoms with Crippen molar-refractivity contribution in [3.05, 3.63) is 0 Å². The van der Waals surface area contributed by atoms with Gasteiger partial charge in [0, 0.05) is 18.6 Å². The average molecular weight is 297 g/mol. The van der Waals surface area contributed by atoms with E-state index >= 15 is 0 Å². The van der Waals surface area contributed by atoms with E-state index in [0.717, 1.165) is 12.8 Å². The van der Waals surface area contributed by atoms with Gasteiger partial charge in [-0.25, -0.2) is 0 Å². The highest BCUT2D eigenvalue weighted by atomic mass is 16.5. The second-order valence-electron chi connectivity index (χ2n) is 8.78. The molecule has 0 aromatic carbocycles. The minimum absolute atomic E-state index is 0.0302. The topological polar surface area (TPSA) is 21.7 Å². The normalized spacial score (nSPS) is 30.0. The summed E-state index contributed by atoms with van der Waals surface area (Å²) in [6, 6.07) is 0. The zero-order valence-corrected chi connectivity index (χ0v) is 14.9. The fourth-order valence-corrected chi connectivity index (χ4v) is 3.57. The first-order valence-corrected chi connectivity index (χ1v) is 8.72. The molecular weight excluding hydrogens is 262 g/mol. The summed E-state index contributed by atoms with van der Waals surface area (Å²) < 4.78 is 12.4. The van der Waals surface area contributed by atoms with Gasteiger partial charge >= 0.3 is 0 Å². The molecule has 1 aliphatic heterocycles. The van der Waals surface area contributed by atoms with Gasteiger partial charge in [-0.2, -0.15) is 0 Å². The predicted octanol–water partition coefficient (Wildman–Crippen LogP) is 4.00. The lowest BCUT2D eigenvalue weighted by molar-refractivity contribution is -0.0785. The van der Waals surface area contributed by atoms with E-state index in [4.69, 9.17) is 9.47 Å². The number of rotatable bonds is 3. The highest BCUT2D eigenvalue weighted by Crippen LogP contribution is 2.31. The average Bonchev–Trinajstić information content (AvgIpc) is 2.73. The molecule has 1 heterocycles. The molecule has 2 rings (SSSR count). The first-order valence-electron chi connectivity index (χ1n) is 8.72. The first kappa shape index (κ1) is 17.2. The molecule has 0 amide bonds. The van der Waals surface area contributed by atoms with Crippen molar-refractivity contribution in [1.29, 1.82) is 0 Å². The van der Waals surface area contributed by atoms with Gasteiger partial charge in [-0.1, -0.05) is 0 Å². The SMILES string of the molecule is CC(C)(C)O[C@H]1CC[C@H](OC2CCN(C(C)(C)C)CC2)C1. The Morgan fingerprint density at radius 2 is 1.33 bits per heavy atom. The zero-order valence-electron chi connectivity index (χ0n) is 14.9.